The number of aromatic carboxylic acids is 2. The van der Waals surface area contributed by atoms with Gasteiger partial charge in [0.2, 0.25) is 0 Å². The van der Waals surface area contributed by atoms with E-state index in [1.54, 1.807) is 24.3 Å². The monoisotopic (exact) mass is 702 g/mol. The predicted octanol–water partition coefficient (Wildman–Crippen LogP) is 9.97. The van der Waals surface area contributed by atoms with Crippen LogP contribution in [0.3, 0.4) is 0 Å². The van der Waals surface area contributed by atoms with Gasteiger partial charge in [0.05, 0.1) is 11.1 Å². The van der Waals surface area contributed by atoms with E-state index in [1.165, 1.54) is 46.5 Å². The molecule has 2 amide bonds. The number of carbonyl (C=O) groups is 4. The molecule has 0 spiro atoms. The molecule has 0 aliphatic heterocycles. The third-order valence-electron chi connectivity index (χ3n) is 11.0. The van der Waals surface area contributed by atoms with Crippen LogP contribution in [0.25, 0.3) is 0 Å². The van der Waals surface area contributed by atoms with E-state index in [-0.39, 0.29) is 44.6 Å². The third-order valence-corrected chi connectivity index (χ3v) is 11.0. The Morgan fingerprint density at radius 1 is 0.423 bits per heavy atom. The molecule has 0 aromatic heterocycles. The minimum atomic E-state index is -0.984. The molecular formula is C44H50N2O6. The maximum absolute atomic E-state index is 12.7. The Morgan fingerprint density at radius 2 is 0.692 bits per heavy atom. The Balaban J connectivity index is 0.000000201. The smallest absolute Gasteiger partial charge is 0.335 e. The van der Waals surface area contributed by atoms with Gasteiger partial charge in [-0.15, -0.1) is 0 Å². The van der Waals surface area contributed by atoms with Crippen LogP contribution in [0.4, 0.5) is 11.4 Å². The Kier molecular flexibility index (Phi) is 10.3. The summed E-state index contributed by atoms with van der Waals surface area (Å²) < 4.78 is 0. The lowest BCUT2D eigenvalue weighted by Crippen LogP contribution is -2.34. The SMILES string of the molecule is CC1(C)CCC(C)(C)c2cc(C(=O)Nc3ccc(C(=O)O)cc3)ccc21.CC1(C)CCC(C)(C)c2cc(C(=O)Nc3ccc(C(=O)O)cc3)ccc21. The normalized spacial score (nSPS) is 17.2. The summed E-state index contributed by atoms with van der Waals surface area (Å²) in [6.45, 7) is 17.9. The molecule has 4 aromatic carbocycles. The fraction of sp³-hybridized carbons (Fsp3) is 0.364. The first kappa shape index (κ1) is 38.0. The molecule has 0 saturated carbocycles. The lowest BCUT2D eigenvalue weighted by Gasteiger charge is -2.42. The topological polar surface area (TPSA) is 133 Å². The number of nitrogens with one attached hydrogen (secondary N) is 2. The summed E-state index contributed by atoms with van der Waals surface area (Å²) >= 11 is 0. The van der Waals surface area contributed by atoms with Crippen LogP contribution in [0, 0.1) is 0 Å². The van der Waals surface area contributed by atoms with Gasteiger partial charge in [-0.1, -0.05) is 67.5 Å². The Bertz CT molecular complexity index is 1870. The first-order valence-electron chi connectivity index (χ1n) is 17.8. The van der Waals surface area contributed by atoms with Crippen molar-refractivity contribution in [2.45, 2.75) is 103 Å². The number of benzene rings is 4. The number of carbonyl (C=O) groups excluding carboxylic acids is 2. The van der Waals surface area contributed by atoms with Crippen molar-refractivity contribution in [2.75, 3.05) is 10.6 Å². The van der Waals surface area contributed by atoms with Gasteiger partial charge in [0.25, 0.3) is 11.8 Å². The van der Waals surface area contributed by atoms with Crippen LogP contribution in [0.5, 0.6) is 0 Å². The van der Waals surface area contributed by atoms with E-state index in [2.05, 4.69) is 78.2 Å². The number of carboxylic acids is 2. The molecule has 52 heavy (non-hydrogen) atoms. The Labute approximate surface area is 306 Å². The van der Waals surface area contributed by atoms with E-state index in [4.69, 9.17) is 10.2 Å². The standard InChI is InChI=1S/2C22H25NO3/c2*1-21(2)11-12-22(3,4)18-13-15(7-10-17(18)21)19(24)23-16-8-5-14(6-9-16)20(25)26/h2*5-10,13H,11-12H2,1-4H3,(H,23,24)(H,25,26). The third kappa shape index (κ3) is 8.12. The zero-order chi connectivity index (χ0) is 38.2. The molecule has 0 atom stereocenters. The summed E-state index contributed by atoms with van der Waals surface area (Å²) in [5, 5.41) is 23.6. The van der Waals surface area contributed by atoms with E-state index in [0.29, 0.717) is 22.5 Å². The highest BCUT2D eigenvalue weighted by molar-refractivity contribution is 6.05. The second-order valence-corrected chi connectivity index (χ2v) is 16.7. The van der Waals surface area contributed by atoms with Gasteiger partial charge in [0, 0.05) is 22.5 Å². The summed E-state index contributed by atoms with van der Waals surface area (Å²) in [6.07, 6.45) is 4.45. The average molecular weight is 703 g/mol. The minimum absolute atomic E-state index is 0.0459. The maximum Gasteiger partial charge on any atom is 0.335 e. The lowest BCUT2D eigenvalue weighted by molar-refractivity contribution is 0.0686. The molecule has 8 heteroatoms. The van der Waals surface area contributed by atoms with E-state index in [1.807, 2.05) is 24.3 Å². The highest BCUT2D eigenvalue weighted by atomic mass is 16.4. The number of carboxylic acid groups (broad SMARTS) is 2. The fourth-order valence-corrected chi connectivity index (χ4v) is 7.26. The lowest BCUT2D eigenvalue weighted by atomic mass is 9.63. The molecule has 2 aliphatic rings. The molecular weight excluding hydrogens is 652 g/mol. The molecule has 2 aliphatic carbocycles. The number of fused-ring (bicyclic) bond motifs is 2. The van der Waals surface area contributed by atoms with Gasteiger partial charge < -0.3 is 20.8 Å². The first-order chi connectivity index (χ1) is 24.2. The van der Waals surface area contributed by atoms with Gasteiger partial charge in [-0.25, -0.2) is 9.59 Å². The average Bonchev–Trinajstić information content (AvgIpc) is 3.09. The van der Waals surface area contributed by atoms with Crippen molar-refractivity contribution in [3.8, 4) is 0 Å². The summed E-state index contributed by atoms with van der Waals surface area (Å²) in [5.74, 6) is -2.34. The first-order valence-corrected chi connectivity index (χ1v) is 17.8. The van der Waals surface area contributed by atoms with Crippen molar-refractivity contribution in [3.63, 3.8) is 0 Å². The van der Waals surface area contributed by atoms with Gasteiger partial charge in [-0.3, -0.25) is 9.59 Å². The van der Waals surface area contributed by atoms with Crippen molar-refractivity contribution in [3.05, 3.63) is 129 Å². The highest BCUT2D eigenvalue weighted by Crippen LogP contribution is 2.47. The van der Waals surface area contributed by atoms with Crippen molar-refractivity contribution in [1.82, 2.24) is 0 Å². The quantitative estimate of drug-likeness (QED) is 0.158. The van der Waals surface area contributed by atoms with E-state index < -0.39 is 11.9 Å². The van der Waals surface area contributed by atoms with Crippen LogP contribution in [-0.2, 0) is 21.7 Å². The number of rotatable bonds is 6. The van der Waals surface area contributed by atoms with Gasteiger partial charge in [0.15, 0.2) is 0 Å². The fourth-order valence-electron chi connectivity index (χ4n) is 7.26. The maximum atomic E-state index is 12.7. The highest BCUT2D eigenvalue weighted by Gasteiger charge is 2.38. The van der Waals surface area contributed by atoms with E-state index in [9.17, 15) is 19.2 Å². The second-order valence-electron chi connectivity index (χ2n) is 16.7. The number of anilines is 2. The minimum Gasteiger partial charge on any atom is -0.478 e. The van der Waals surface area contributed by atoms with Crippen LogP contribution in [-0.4, -0.2) is 34.0 Å². The van der Waals surface area contributed by atoms with Crippen molar-refractivity contribution in [1.29, 1.82) is 0 Å². The molecule has 0 bridgehead atoms. The summed E-state index contributed by atoms with van der Waals surface area (Å²) in [4.78, 5) is 47.2. The van der Waals surface area contributed by atoms with E-state index >= 15 is 0 Å². The van der Waals surface area contributed by atoms with Crippen LogP contribution >= 0.6 is 0 Å². The largest absolute Gasteiger partial charge is 0.478 e. The summed E-state index contributed by atoms with van der Waals surface area (Å²) in [6, 6.07) is 24.3. The molecule has 0 unspecified atom stereocenters. The van der Waals surface area contributed by atoms with Crippen LogP contribution < -0.4 is 10.6 Å². The van der Waals surface area contributed by atoms with Crippen LogP contribution in [0.1, 0.15) is 145 Å². The molecule has 272 valence electrons. The van der Waals surface area contributed by atoms with Gasteiger partial charge >= 0.3 is 11.9 Å². The molecule has 0 saturated heterocycles. The van der Waals surface area contributed by atoms with E-state index in [0.717, 1.165) is 25.7 Å². The van der Waals surface area contributed by atoms with Crippen molar-refractivity contribution in [2.24, 2.45) is 0 Å². The number of hydrogen-bond donors (Lipinski definition) is 4. The zero-order valence-electron chi connectivity index (χ0n) is 31.4. The van der Waals surface area contributed by atoms with Crippen LogP contribution in [0.15, 0.2) is 84.9 Å². The molecule has 4 N–H and O–H groups in total. The predicted molar refractivity (Wildman–Crippen MR) is 206 cm³/mol. The summed E-state index contributed by atoms with van der Waals surface area (Å²) in [7, 11) is 0. The second kappa shape index (κ2) is 14.1. The van der Waals surface area contributed by atoms with Crippen molar-refractivity contribution >= 4 is 35.1 Å². The zero-order valence-corrected chi connectivity index (χ0v) is 31.4. The van der Waals surface area contributed by atoms with Gasteiger partial charge in [0.1, 0.15) is 0 Å². The Morgan fingerprint density at radius 3 is 0.981 bits per heavy atom. The Hall–Kier alpha value is -5.24. The van der Waals surface area contributed by atoms with Crippen LogP contribution in [0.2, 0.25) is 0 Å². The van der Waals surface area contributed by atoms with Crippen molar-refractivity contribution < 1.29 is 29.4 Å². The van der Waals surface area contributed by atoms with Gasteiger partial charge in [-0.2, -0.15) is 0 Å². The molecule has 6 rings (SSSR count). The molecule has 0 radical (unpaired) electrons. The molecule has 4 aromatic rings. The summed E-state index contributed by atoms with van der Waals surface area (Å²) in [5.41, 5.74) is 8.23. The molecule has 8 nitrogen and oxygen atoms in total. The molecule has 0 heterocycles. The number of hydrogen-bond acceptors (Lipinski definition) is 4. The molecule has 0 fully saturated rings. The van der Waals surface area contributed by atoms with Gasteiger partial charge in [-0.05, 0) is 142 Å². The number of amides is 2.